The maximum absolute atomic E-state index is 8.27. The van der Waals surface area contributed by atoms with Gasteiger partial charge in [-0.2, -0.15) is 0 Å². The minimum atomic E-state index is -1.52. The smallest absolute Gasteiger partial charge is 0.163 e. The van der Waals surface area contributed by atoms with Gasteiger partial charge in [-0.3, -0.25) is 0 Å². The molecule has 0 aromatic heterocycles. The average molecular weight is 188 g/mol. The van der Waals surface area contributed by atoms with E-state index in [1.54, 1.807) is 0 Å². The second kappa shape index (κ2) is 3.23. The molecule has 0 radical (unpaired) electrons. The van der Waals surface area contributed by atoms with Crippen LogP contribution < -0.4 is 0 Å². The van der Waals surface area contributed by atoms with Gasteiger partial charge in [0.2, 0.25) is 0 Å². The molecule has 2 rings (SSSR count). The van der Waals surface area contributed by atoms with Crippen LogP contribution in [0.1, 0.15) is 29.9 Å². The highest BCUT2D eigenvalue weighted by Crippen LogP contribution is 2.34. The van der Waals surface area contributed by atoms with Gasteiger partial charge in [0.25, 0.3) is 0 Å². The van der Waals surface area contributed by atoms with Crippen LogP contribution in [0.15, 0.2) is 0 Å². The van der Waals surface area contributed by atoms with Gasteiger partial charge in [0.15, 0.2) is 6.27 Å². The van der Waals surface area contributed by atoms with E-state index in [-0.39, 0.29) is 18.3 Å². The molecule has 0 amide bonds. The molecule has 3 atom stereocenters. The fraction of sp³-hybridized carbons (Fsp3) is 1.00. The molecule has 3 nitrogen and oxygen atoms in total. The van der Waals surface area contributed by atoms with E-state index in [4.69, 9.17) is 17.0 Å². The zero-order chi connectivity index (χ0) is 11.3. The van der Waals surface area contributed by atoms with Gasteiger partial charge in [-0.15, -0.1) is 0 Å². The number of rotatable bonds is 1. The SMILES string of the molecule is [2H][C@]12OCC[C@@]1([2H])[C@@H](OC(C)(C)C)CO2. The van der Waals surface area contributed by atoms with Crippen molar-refractivity contribution >= 4 is 0 Å². The molecule has 0 aliphatic carbocycles. The zero-order valence-electron chi connectivity index (χ0n) is 10.4. The van der Waals surface area contributed by atoms with E-state index >= 15 is 0 Å². The molecule has 76 valence electrons. The van der Waals surface area contributed by atoms with E-state index in [9.17, 15) is 0 Å². The van der Waals surface area contributed by atoms with Crippen molar-refractivity contribution in [3.63, 3.8) is 0 Å². The lowest BCUT2D eigenvalue weighted by atomic mass is 10.0. The van der Waals surface area contributed by atoms with Gasteiger partial charge in [0.05, 0.1) is 26.3 Å². The van der Waals surface area contributed by atoms with Crippen LogP contribution in [0.3, 0.4) is 0 Å². The third-order valence-corrected chi connectivity index (χ3v) is 2.12. The van der Waals surface area contributed by atoms with Crippen molar-refractivity contribution < 1.29 is 17.0 Å². The fourth-order valence-electron chi connectivity index (χ4n) is 1.66. The summed E-state index contributed by atoms with van der Waals surface area (Å²) in [7, 11) is 0. The Kier molecular flexibility index (Phi) is 1.79. The van der Waals surface area contributed by atoms with Gasteiger partial charge in [-0.25, -0.2) is 0 Å². The topological polar surface area (TPSA) is 27.7 Å². The number of ether oxygens (including phenoxy) is 3. The third kappa shape index (κ3) is 2.03. The first kappa shape index (κ1) is 7.21. The lowest BCUT2D eigenvalue weighted by Crippen LogP contribution is -2.32. The summed E-state index contributed by atoms with van der Waals surface area (Å²) in [5.74, 6) is -1.08. The van der Waals surface area contributed by atoms with Crippen LogP contribution in [-0.2, 0) is 14.2 Å². The van der Waals surface area contributed by atoms with Crippen molar-refractivity contribution in [2.45, 2.75) is 45.2 Å². The van der Waals surface area contributed by atoms with E-state index in [1.807, 2.05) is 20.8 Å². The Balaban J connectivity index is 2.16. The van der Waals surface area contributed by atoms with Gasteiger partial charge in [-0.1, -0.05) is 0 Å². The number of hydrogen-bond acceptors (Lipinski definition) is 3. The van der Waals surface area contributed by atoms with Gasteiger partial charge < -0.3 is 14.2 Å². The van der Waals surface area contributed by atoms with Crippen LogP contribution >= 0.6 is 0 Å². The highest BCUT2D eigenvalue weighted by atomic mass is 16.7. The van der Waals surface area contributed by atoms with E-state index in [2.05, 4.69) is 0 Å². The van der Waals surface area contributed by atoms with Crippen molar-refractivity contribution in [3.05, 3.63) is 0 Å². The molecule has 0 spiro atoms. The Morgan fingerprint density at radius 1 is 1.38 bits per heavy atom. The maximum atomic E-state index is 8.27. The number of fused-ring (bicyclic) bond motifs is 1. The molecule has 2 heterocycles. The third-order valence-electron chi connectivity index (χ3n) is 2.12. The summed E-state index contributed by atoms with van der Waals surface area (Å²) >= 11 is 0. The lowest BCUT2D eigenvalue weighted by molar-refractivity contribution is -0.0929. The Hall–Kier alpha value is -0.120. The zero-order valence-corrected chi connectivity index (χ0v) is 8.42. The molecule has 2 saturated heterocycles. The molecule has 0 N–H and O–H groups in total. The van der Waals surface area contributed by atoms with Gasteiger partial charge >= 0.3 is 0 Å². The molecule has 0 bridgehead atoms. The Morgan fingerprint density at radius 3 is 2.85 bits per heavy atom. The predicted molar refractivity (Wildman–Crippen MR) is 48.4 cm³/mol. The van der Waals surface area contributed by atoms with Crippen molar-refractivity contribution in [2.24, 2.45) is 5.89 Å². The minimum absolute atomic E-state index is 0.268. The van der Waals surface area contributed by atoms with Crippen LogP contribution in [0.5, 0.6) is 0 Å². The van der Waals surface area contributed by atoms with Crippen molar-refractivity contribution in [3.8, 4) is 0 Å². The second-order valence-electron chi connectivity index (χ2n) is 4.44. The molecule has 2 fully saturated rings. The van der Waals surface area contributed by atoms with Crippen molar-refractivity contribution in [2.75, 3.05) is 13.2 Å². The van der Waals surface area contributed by atoms with Crippen LogP contribution in [0.4, 0.5) is 0 Å². The summed E-state index contributed by atoms with van der Waals surface area (Å²) in [6, 6.07) is 0. The van der Waals surface area contributed by atoms with Crippen LogP contribution in [0.2, 0.25) is 0 Å². The molecular formula is C10H18O3. The molecule has 0 saturated carbocycles. The molecule has 2 aliphatic heterocycles. The Labute approximate surface area is 82.2 Å². The van der Waals surface area contributed by atoms with E-state index in [1.165, 1.54) is 0 Å². The first-order chi connectivity index (χ1) is 6.77. The minimum Gasteiger partial charge on any atom is -0.370 e. The van der Waals surface area contributed by atoms with E-state index in [0.717, 1.165) is 0 Å². The molecule has 13 heavy (non-hydrogen) atoms. The maximum Gasteiger partial charge on any atom is 0.163 e. The van der Waals surface area contributed by atoms with Crippen molar-refractivity contribution in [1.29, 1.82) is 0 Å². The quantitative estimate of drug-likeness (QED) is 0.625. The molecular weight excluding hydrogens is 168 g/mol. The van der Waals surface area contributed by atoms with Crippen LogP contribution in [-0.4, -0.2) is 31.2 Å². The fourth-order valence-corrected chi connectivity index (χ4v) is 1.66. The average Bonchev–Trinajstić information content (AvgIpc) is 2.46. The molecule has 0 aromatic carbocycles. The normalized spacial score (nSPS) is 53.0. The predicted octanol–water partition coefficient (Wildman–Crippen LogP) is 1.56. The molecule has 0 unspecified atom stereocenters. The standard InChI is InChI=1S/C10H18O3/c1-10(2,3)13-8-6-12-9-7(8)4-5-11-9/h7-9H,4-6H2,1-3H3/t7-,8-,9+/m0/s1/i7D,9D. The van der Waals surface area contributed by atoms with Crippen LogP contribution in [0, 0.1) is 5.89 Å². The molecule has 0 aromatic rings. The summed E-state index contributed by atoms with van der Waals surface area (Å²) in [5, 5.41) is 0. The van der Waals surface area contributed by atoms with Gasteiger partial charge in [0.1, 0.15) is 0 Å². The monoisotopic (exact) mass is 188 g/mol. The lowest BCUT2D eigenvalue weighted by Gasteiger charge is -2.26. The Morgan fingerprint density at radius 2 is 2.15 bits per heavy atom. The first-order valence-corrected chi connectivity index (χ1v) is 4.73. The van der Waals surface area contributed by atoms with E-state index in [0.29, 0.717) is 13.0 Å². The summed E-state index contributed by atoms with van der Waals surface area (Å²) < 4.78 is 32.4. The Bertz CT molecular complexity index is 266. The van der Waals surface area contributed by atoms with E-state index < -0.39 is 12.2 Å². The first-order valence-electron chi connectivity index (χ1n) is 5.73. The summed E-state index contributed by atoms with van der Waals surface area (Å²) in [5.41, 5.74) is -0.323. The van der Waals surface area contributed by atoms with Gasteiger partial charge in [-0.05, 0) is 27.2 Å². The summed E-state index contributed by atoms with van der Waals surface area (Å²) in [4.78, 5) is 0. The van der Waals surface area contributed by atoms with Gasteiger partial charge in [0, 0.05) is 7.26 Å². The largest absolute Gasteiger partial charge is 0.370 e. The highest BCUT2D eigenvalue weighted by molar-refractivity contribution is 4.85. The summed E-state index contributed by atoms with van der Waals surface area (Å²) in [6.45, 7) is 6.49. The molecule has 2 aliphatic rings. The molecule has 3 heteroatoms. The number of hydrogen-bond donors (Lipinski definition) is 0. The summed E-state index contributed by atoms with van der Waals surface area (Å²) in [6.07, 6.45) is -1.40. The van der Waals surface area contributed by atoms with Crippen molar-refractivity contribution in [1.82, 2.24) is 0 Å². The van der Waals surface area contributed by atoms with Crippen LogP contribution in [0.25, 0.3) is 0 Å². The highest BCUT2D eigenvalue weighted by Gasteiger charge is 2.43. The second-order valence-corrected chi connectivity index (χ2v) is 4.44.